The van der Waals surface area contributed by atoms with E-state index in [2.05, 4.69) is 22.8 Å². The smallest absolute Gasteiger partial charge is 0.224 e. The van der Waals surface area contributed by atoms with Crippen molar-refractivity contribution in [2.45, 2.75) is 51.5 Å². The molecule has 4 nitrogen and oxygen atoms in total. The van der Waals surface area contributed by atoms with Gasteiger partial charge in [-0.15, -0.1) is 11.3 Å². The van der Waals surface area contributed by atoms with Crippen molar-refractivity contribution in [3.8, 4) is 0 Å². The molecule has 1 aromatic carbocycles. The van der Waals surface area contributed by atoms with E-state index in [0.717, 1.165) is 29.8 Å². The van der Waals surface area contributed by atoms with Crippen molar-refractivity contribution in [2.24, 2.45) is 0 Å². The van der Waals surface area contributed by atoms with E-state index in [1.807, 2.05) is 30.5 Å². The van der Waals surface area contributed by atoms with E-state index >= 15 is 0 Å². The van der Waals surface area contributed by atoms with E-state index in [9.17, 15) is 9.59 Å². The zero-order valence-corrected chi connectivity index (χ0v) is 15.3. The first-order valence-corrected chi connectivity index (χ1v) is 9.78. The van der Waals surface area contributed by atoms with Gasteiger partial charge in [0, 0.05) is 23.4 Å². The number of benzene rings is 1. The van der Waals surface area contributed by atoms with Crippen LogP contribution in [-0.2, 0) is 22.4 Å². The lowest BCUT2D eigenvalue weighted by atomic mass is 10.1. The summed E-state index contributed by atoms with van der Waals surface area (Å²) in [4.78, 5) is 25.4. The standard InChI is InChI=1S/C20H24N2O2S/c1-2-17(18-7-4-12-25-18)22-20(24)11-10-19(23)21-16-9-8-14-5-3-6-15(14)13-16/h4,7-9,12-13,17H,2-3,5-6,10-11H2,1H3,(H,21,23)(H,22,24)/t17-/m0/s1. The third kappa shape index (κ3) is 4.69. The molecule has 1 aliphatic carbocycles. The van der Waals surface area contributed by atoms with Crippen LogP contribution in [0.1, 0.15) is 54.7 Å². The second-order valence-electron chi connectivity index (χ2n) is 6.43. The van der Waals surface area contributed by atoms with Crippen LogP contribution in [0.3, 0.4) is 0 Å². The van der Waals surface area contributed by atoms with Crippen molar-refractivity contribution in [3.63, 3.8) is 0 Å². The molecule has 5 heteroatoms. The van der Waals surface area contributed by atoms with E-state index in [4.69, 9.17) is 0 Å². The topological polar surface area (TPSA) is 58.2 Å². The Morgan fingerprint density at radius 3 is 2.68 bits per heavy atom. The predicted molar refractivity (Wildman–Crippen MR) is 102 cm³/mol. The third-order valence-corrected chi connectivity index (χ3v) is 5.58. The molecule has 1 aliphatic rings. The Morgan fingerprint density at radius 1 is 1.12 bits per heavy atom. The lowest BCUT2D eigenvalue weighted by molar-refractivity contribution is -0.124. The van der Waals surface area contributed by atoms with Crippen molar-refractivity contribution in [1.29, 1.82) is 0 Å². The number of amides is 2. The van der Waals surface area contributed by atoms with Crippen LogP contribution in [0.2, 0.25) is 0 Å². The molecule has 132 valence electrons. The number of carbonyl (C=O) groups excluding carboxylic acids is 2. The number of rotatable bonds is 7. The molecule has 1 heterocycles. The van der Waals surface area contributed by atoms with Crippen LogP contribution in [0.15, 0.2) is 35.7 Å². The van der Waals surface area contributed by atoms with E-state index in [1.54, 1.807) is 11.3 Å². The second-order valence-corrected chi connectivity index (χ2v) is 7.41. The number of carbonyl (C=O) groups is 2. The molecular weight excluding hydrogens is 332 g/mol. The molecule has 2 amide bonds. The Kier molecular flexibility index (Phi) is 5.87. The number of hydrogen-bond donors (Lipinski definition) is 2. The maximum atomic E-state index is 12.1. The maximum Gasteiger partial charge on any atom is 0.224 e. The van der Waals surface area contributed by atoms with Crippen LogP contribution in [-0.4, -0.2) is 11.8 Å². The van der Waals surface area contributed by atoms with Gasteiger partial charge in [0.05, 0.1) is 6.04 Å². The minimum atomic E-state index is -0.114. The normalized spacial score (nSPS) is 14.0. The first-order chi connectivity index (χ1) is 12.2. The monoisotopic (exact) mass is 356 g/mol. The van der Waals surface area contributed by atoms with Gasteiger partial charge >= 0.3 is 0 Å². The largest absolute Gasteiger partial charge is 0.348 e. The van der Waals surface area contributed by atoms with Crippen molar-refractivity contribution < 1.29 is 9.59 Å². The summed E-state index contributed by atoms with van der Waals surface area (Å²) < 4.78 is 0. The van der Waals surface area contributed by atoms with Gasteiger partial charge in [0.15, 0.2) is 0 Å². The van der Waals surface area contributed by atoms with Crippen molar-refractivity contribution in [1.82, 2.24) is 5.32 Å². The predicted octanol–water partition coefficient (Wildman–Crippen LogP) is 4.22. The maximum absolute atomic E-state index is 12.1. The van der Waals surface area contributed by atoms with Crippen molar-refractivity contribution in [3.05, 3.63) is 51.7 Å². The zero-order valence-electron chi connectivity index (χ0n) is 14.5. The summed E-state index contributed by atoms with van der Waals surface area (Å²) in [7, 11) is 0. The molecule has 0 radical (unpaired) electrons. The first-order valence-electron chi connectivity index (χ1n) is 8.90. The van der Waals surface area contributed by atoms with Gasteiger partial charge in [0.25, 0.3) is 0 Å². The number of fused-ring (bicyclic) bond motifs is 1. The van der Waals surface area contributed by atoms with Gasteiger partial charge in [0.2, 0.25) is 11.8 Å². The lowest BCUT2D eigenvalue weighted by Crippen LogP contribution is -2.28. The molecular formula is C20H24N2O2S. The number of thiophene rings is 1. The Bertz CT molecular complexity index is 740. The molecule has 0 aliphatic heterocycles. The fourth-order valence-corrected chi connectivity index (χ4v) is 4.09. The van der Waals surface area contributed by atoms with Gasteiger partial charge in [-0.25, -0.2) is 0 Å². The molecule has 0 spiro atoms. The van der Waals surface area contributed by atoms with Gasteiger partial charge in [-0.2, -0.15) is 0 Å². The summed E-state index contributed by atoms with van der Waals surface area (Å²) in [6, 6.07) is 10.2. The van der Waals surface area contributed by atoms with Crippen LogP contribution in [0, 0.1) is 0 Å². The quantitative estimate of drug-likeness (QED) is 0.780. The van der Waals surface area contributed by atoms with Crippen LogP contribution < -0.4 is 10.6 Å². The molecule has 1 aromatic heterocycles. The highest BCUT2D eigenvalue weighted by atomic mass is 32.1. The van der Waals surface area contributed by atoms with Crippen molar-refractivity contribution >= 4 is 28.8 Å². The second kappa shape index (κ2) is 8.30. The van der Waals surface area contributed by atoms with Crippen LogP contribution in [0.25, 0.3) is 0 Å². The van der Waals surface area contributed by atoms with Crippen molar-refractivity contribution in [2.75, 3.05) is 5.32 Å². The van der Waals surface area contributed by atoms with E-state index in [-0.39, 0.29) is 30.7 Å². The van der Waals surface area contributed by atoms with E-state index in [0.29, 0.717) is 0 Å². The fraction of sp³-hybridized carbons (Fsp3) is 0.400. The highest BCUT2D eigenvalue weighted by Crippen LogP contribution is 2.25. The minimum Gasteiger partial charge on any atom is -0.348 e. The van der Waals surface area contributed by atoms with E-state index in [1.165, 1.54) is 17.5 Å². The Labute approximate surface area is 152 Å². The summed E-state index contributed by atoms with van der Waals surface area (Å²) in [5, 5.41) is 7.93. The summed E-state index contributed by atoms with van der Waals surface area (Å²) in [5.74, 6) is -0.193. The number of nitrogens with one attached hydrogen (secondary N) is 2. The fourth-order valence-electron chi connectivity index (χ4n) is 3.23. The zero-order chi connectivity index (χ0) is 17.6. The van der Waals surface area contributed by atoms with Gasteiger partial charge in [-0.1, -0.05) is 19.1 Å². The van der Waals surface area contributed by atoms with Crippen LogP contribution in [0.5, 0.6) is 0 Å². The summed E-state index contributed by atoms with van der Waals surface area (Å²) in [6.45, 7) is 2.05. The highest BCUT2D eigenvalue weighted by Gasteiger charge is 2.15. The molecule has 3 rings (SSSR count). The average molecular weight is 356 g/mol. The Hall–Kier alpha value is -2.14. The summed E-state index contributed by atoms with van der Waals surface area (Å²) in [5.41, 5.74) is 3.55. The number of anilines is 1. The Morgan fingerprint density at radius 2 is 1.92 bits per heavy atom. The SMILES string of the molecule is CC[C@H](NC(=O)CCC(=O)Nc1ccc2c(c1)CCC2)c1cccs1. The van der Waals surface area contributed by atoms with Gasteiger partial charge in [-0.3, -0.25) is 9.59 Å². The highest BCUT2D eigenvalue weighted by molar-refractivity contribution is 7.10. The molecule has 25 heavy (non-hydrogen) atoms. The number of hydrogen-bond acceptors (Lipinski definition) is 3. The molecule has 0 fully saturated rings. The lowest BCUT2D eigenvalue weighted by Gasteiger charge is -2.15. The van der Waals surface area contributed by atoms with Crippen LogP contribution in [0.4, 0.5) is 5.69 Å². The summed E-state index contributed by atoms with van der Waals surface area (Å²) >= 11 is 1.64. The van der Waals surface area contributed by atoms with Gasteiger partial charge in [-0.05, 0) is 60.4 Å². The first kappa shape index (κ1) is 17.7. The summed E-state index contributed by atoms with van der Waals surface area (Å²) in [6.07, 6.45) is 4.65. The molecule has 0 saturated heterocycles. The molecule has 2 aromatic rings. The molecule has 0 unspecified atom stereocenters. The molecule has 2 N–H and O–H groups in total. The molecule has 1 atom stereocenters. The van der Waals surface area contributed by atoms with Gasteiger partial charge < -0.3 is 10.6 Å². The molecule has 0 bridgehead atoms. The van der Waals surface area contributed by atoms with E-state index < -0.39 is 0 Å². The number of aryl methyl sites for hydroxylation is 2. The average Bonchev–Trinajstić information content (AvgIpc) is 3.29. The minimum absolute atomic E-state index is 0.0345. The Balaban J connectivity index is 1.46. The van der Waals surface area contributed by atoms with Gasteiger partial charge in [0.1, 0.15) is 0 Å². The van der Waals surface area contributed by atoms with Crippen LogP contribution >= 0.6 is 11.3 Å². The molecule has 0 saturated carbocycles. The third-order valence-electron chi connectivity index (χ3n) is 4.59.